The Hall–Kier alpha value is -1.79. The summed E-state index contributed by atoms with van der Waals surface area (Å²) in [6, 6.07) is -0.909. The molecule has 2 saturated heterocycles. The van der Waals surface area contributed by atoms with Gasteiger partial charge in [0.15, 0.2) is 12.6 Å². The third kappa shape index (κ3) is 32.8. The summed E-state index contributed by atoms with van der Waals surface area (Å²) in [6.45, 7) is 2.70. The number of amides is 1. The Morgan fingerprint density at radius 3 is 1.35 bits per heavy atom. The summed E-state index contributed by atoms with van der Waals surface area (Å²) < 4.78 is 22.6. The van der Waals surface area contributed by atoms with E-state index in [-0.39, 0.29) is 18.9 Å². The number of unbranched alkanes of at least 4 members (excludes halogenated alkanes) is 32. The summed E-state index contributed by atoms with van der Waals surface area (Å²) in [7, 11) is 0. The largest absolute Gasteiger partial charge is 0.394 e. The standard InChI is InChI=1S/C61H113NO13/c1-3-5-7-9-11-12-13-14-15-16-17-18-19-20-21-22-23-24-25-26-27-28-29-30-31-32-33-34-35-36-37-38-39-41-43-45-53(66)62-49(50(65)44-42-40-10-8-6-4-2)48-72-60-58(71)56(69)59(52(47-64)74-60)75-61-57(70)55(68)54(67)51(46-63)73-61/h13-14,16-17,42,44,49-52,54-61,63-65,67-71H,3-12,15,18-41,43,45-48H2,1-2H3,(H,62,66)/b14-13-,17-16-,44-42+. The van der Waals surface area contributed by atoms with Gasteiger partial charge in [0.25, 0.3) is 0 Å². The maximum Gasteiger partial charge on any atom is 0.220 e. The maximum atomic E-state index is 13.1. The zero-order chi connectivity index (χ0) is 54.6. The Morgan fingerprint density at radius 1 is 0.480 bits per heavy atom. The quantitative estimate of drug-likeness (QED) is 0.0204. The van der Waals surface area contributed by atoms with Gasteiger partial charge >= 0.3 is 0 Å². The van der Waals surface area contributed by atoms with E-state index in [0.717, 1.165) is 57.8 Å². The van der Waals surface area contributed by atoms with Crippen molar-refractivity contribution in [1.82, 2.24) is 5.32 Å². The fourth-order valence-corrected chi connectivity index (χ4v) is 10.1. The van der Waals surface area contributed by atoms with Crippen LogP contribution in [-0.4, -0.2) is 140 Å². The Balaban J connectivity index is 1.52. The number of aliphatic hydroxyl groups is 8. The zero-order valence-electron chi connectivity index (χ0n) is 47.3. The van der Waals surface area contributed by atoms with Crippen LogP contribution in [0.25, 0.3) is 0 Å². The molecule has 0 saturated carbocycles. The van der Waals surface area contributed by atoms with Gasteiger partial charge in [0.2, 0.25) is 5.91 Å². The third-order valence-corrected chi connectivity index (χ3v) is 15.1. The lowest BCUT2D eigenvalue weighted by atomic mass is 9.97. The van der Waals surface area contributed by atoms with Crippen LogP contribution in [0.5, 0.6) is 0 Å². The smallest absolute Gasteiger partial charge is 0.220 e. The van der Waals surface area contributed by atoms with Crippen LogP contribution in [0, 0.1) is 0 Å². The van der Waals surface area contributed by atoms with Crippen LogP contribution in [0.3, 0.4) is 0 Å². The minimum absolute atomic E-state index is 0.242. The Labute approximate surface area is 455 Å². The molecule has 9 N–H and O–H groups in total. The van der Waals surface area contributed by atoms with Crippen molar-refractivity contribution in [3.63, 3.8) is 0 Å². The highest BCUT2D eigenvalue weighted by atomic mass is 16.7. The van der Waals surface area contributed by atoms with Crippen molar-refractivity contribution in [3.8, 4) is 0 Å². The molecule has 0 bridgehead atoms. The fraction of sp³-hybridized carbons (Fsp3) is 0.885. The van der Waals surface area contributed by atoms with Crippen LogP contribution in [0.1, 0.15) is 251 Å². The second kappa shape index (κ2) is 47.1. The van der Waals surface area contributed by atoms with Crippen molar-refractivity contribution >= 4 is 5.91 Å². The molecule has 14 nitrogen and oxygen atoms in total. The molecule has 2 rings (SSSR count). The van der Waals surface area contributed by atoms with Gasteiger partial charge in [0.05, 0.1) is 32.0 Å². The normalized spacial score (nSPS) is 25.3. The lowest BCUT2D eigenvalue weighted by Gasteiger charge is -2.46. The molecule has 2 aliphatic heterocycles. The van der Waals surface area contributed by atoms with Crippen LogP contribution < -0.4 is 5.32 Å². The first-order valence-corrected chi connectivity index (χ1v) is 30.7. The van der Waals surface area contributed by atoms with Gasteiger partial charge in [-0.1, -0.05) is 230 Å². The number of ether oxygens (including phenoxy) is 4. The molecule has 0 aromatic heterocycles. The average molecular weight is 1070 g/mol. The van der Waals surface area contributed by atoms with Crippen LogP contribution in [0.2, 0.25) is 0 Å². The molecule has 0 spiro atoms. The zero-order valence-corrected chi connectivity index (χ0v) is 47.3. The van der Waals surface area contributed by atoms with E-state index in [9.17, 15) is 45.6 Å². The first-order chi connectivity index (χ1) is 36.6. The van der Waals surface area contributed by atoms with E-state index in [4.69, 9.17) is 18.9 Å². The summed E-state index contributed by atoms with van der Waals surface area (Å²) >= 11 is 0. The summed E-state index contributed by atoms with van der Waals surface area (Å²) in [4.78, 5) is 13.1. The Morgan fingerprint density at radius 2 is 0.880 bits per heavy atom. The Bertz CT molecular complexity index is 1400. The number of hydrogen-bond donors (Lipinski definition) is 9. The van der Waals surface area contributed by atoms with E-state index in [0.29, 0.717) is 6.42 Å². The van der Waals surface area contributed by atoms with Crippen LogP contribution in [0.4, 0.5) is 0 Å². The summed E-state index contributed by atoms with van der Waals surface area (Å²) in [5.41, 5.74) is 0. The van der Waals surface area contributed by atoms with Gasteiger partial charge in [-0.25, -0.2) is 0 Å². The molecule has 12 atom stereocenters. The van der Waals surface area contributed by atoms with Gasteiger partial charge in [0.1, 0.15) is 48.8 Å². The topological polar surface area (TPSA) is 228 Å². The van der Waals surface area contributed by atoms with Crippen molar-refractivity contribution in [2.24, 2.45) is 0 Å². The lowest BCUT2D eigenvalue weighted by molar-refractivity contribution is -0.359. The summed E-state index contributed by atoms with van der Waals surface area (Å²) in [6.07, 6.45) is 41.3. The van der Waals surface area contributed by atoms with Crippen LogP contribution in [-0.2, 0) is 23.7 Å². The number of carbonyl (C=O) groups is 1. The van der Waals surface area contributed by atoms with Gasteiger partial charge in [0, 0.05) is 6.42 Å². The number of aliphatic hydroxyl groups excluding tert-OH is 8. The molecule has 2 heterocycles. The van der Waals surface area contributed by atoms with Crippen molar-refractivity contribution in [2.45, 2.75) is 325 Å². The van der Waals surface area contributed by atoms with Crippen LogP contribution >= 0.6 is 0 Å². The molecule has 440 valence electrons. The Kier molecular flexibility index (Phi) is 43.5. The number of nitrogens with one attached hydrogen (secondary N) is 1. The summed E-state index contributed by atoms with van der Waals surface area (Å²) in [5.74, 6) is -0.242. The molecule has 75 heavy (non-hydrogen) atoms. The van der Waals surface area contributed by atoms with Crippen molar-refractivity contribution < 1.29 is 64.6 Å². The lowest BCUT2D eigenvalue weighted by Crippen LogP contribution is -2.65. The van der Waals surface area contributed by atoms with E-state index in [2.05, 4.69) is 43.5 Å². The minimum atomic E-state index is -1.79. The van der Waals surface area contributed by atoms with E-state index in [1.54, 1.807) is 6.08 Å². The minimum Gasteiger partial charge on any atom is -0.394 e. The second-order valence-corrected chi connectivity index (χ2v) is 21.8. The van der Waals surface area contributed by atoms with Crippen molar-refractivity contribution in [1.29, 1.82) is 0 Å². The highest BCUT2D eigenvalue weighted by Gasteiger charge is 2.51. The number of carbonyl (C=O) groups excluding carboxylic acids is 1. The molecule has 1 amide bonds. The predicted octanol–water partition coefficient (Wildman–Crippen LogP) is 10.6. The highest BCUT2D eigenvalue weighted by molar-refractivity contribution is 5.76. The first-order valence-electron chi connectivity index (χ1n) is 30.7. The van der Waals surface area contributed by atoms with E-state index in [1.165, 1.54) is 167 Å². The van der Waals surface area contributed by atoms with Gasteiger partial charge < -0.3 is 65.1 Å². The van der Waals surface area contributed by atoms with Crippen LogP contribution in [0.15, 0.2) is 36.5 Å². The average Bonchev–Trinajstić information content (AvgIpc) is 3.41. The fourth-order valence-electron chi connectivity index (χ4n) is 10.1. The van der Waals surface area contributed by atoms with Gasteiger partial charge in [-0.3, -0.25) is 4.79 Å². The van der Waals surface area contributed by atoms with E-state index in [1.807, 2.05) is 6.08 Å². The SMILES string of the molecule is CCCCCC/C=C/C(O)C(COC1OC(CO)C(OC2OC(CO)C(O)C(O)C2O)C(O)C1O)NC(=O)CCCCCCCCCCCCCCCCCCCCCCCCC/C=C\C/C=C\CCCCCCC. The monoisotopic (exact) mass is 1070 g/mol. The van der Waals surface area contributed by atoms with Gasteiger partial charge in [-0.05, 0) is 51.4 Å². The molecule has 14 heteroatoms. The summed E-state index contributed by atoms with van der Waals surface area (Å²) in [5, 5.41) is 86.5. The van der Waals surface area contributed by atoms with E-state index >= 15 is 0 Å². The molecule has 0 radical (unpaired) electrons. The van der Waals surface area contributed by atoms with Gasteiger partial charge in [-0.15, -0.1) is 0 Å². The number of hydrogen-bond acceptors (Lipinski definition) is 13. The number of allylic oxidation sites excluding steroid dienone is 5. The van der Waals surface area contributed by atoms with Crippen molar-refractivity contribution in [3.05, 3.63) is 36.5 Å². The molecule has 0 aromatic carbocycles. The van der Waals surface area contributed by atoms with Crippen molar-refractivity contribution in [2.75, 3.05) is 19.8 Å². The molecule has 2 fully saturated rings. The predicted molar refractivity (Wildman–Crippen MR) is 300 cm³/mol. The molecule has 0 aliphatic carbocycles. The maximum absolute atomic E-state index is 13.1. The molecular formula is C61H113NO13. The molecule has 12 unspecified atom stereocenters. The first kappa shape index (κ1) is 69.3. The third-order valence-electron chi connectivity index (χ3n) is 15.1. The molecular weight excluding hydrogens is 955 g/mol. The molecule has 2 aliphatic rings. The van der Waals surface area contributed by atoms with E-state index < -0.39 is 86.8 Å². The molecule has 0 aromatic rings. The van der Waals surface area contributed by atoms with Gasteiger partial charge in [-0.2, -0.15) is 0 Å². The highest BCUT2D eigenvalue weighted by Crippen LogP contribution is 2.30. The number of rotatable bonds is 49. The second-order valence-electron chi connectivity index (χ2n) is 21.8.